The number of nitrogens with zero attached hydrogens (tertiary/aromatic N) is 1. The van der Waals surface area contributed by atoms with E-state index in [9.17, 15) is 23.1 Å². The maximum Gasteiger partial charge on any atom is 0.324 e. The van der Waals surface area contributed by atoms with Gasteiger partial charge >= 0.3 is 5.97 Å². The van der Waals surface area contributed by atoms with Gasteiger partial charge in [-0.2, -0.15) is 0 Å². The van der Waals surface area contributed by atoms with E-state index in [2.05, 4.69) is 0 Å². The van der Waals surface area contributed by atoms with Gasteiger partial charge < -0.3 is 5.11 Å². The molecule has 0 unspecified atom stereocenters. The highest BCUT2D eigenvalue weighted by Crippen LogP contribution is 2.35. The highest BCUT2D eigenvalue weighted by atomic mass is 35.5. The second-order valence-corrected chi connectivity index (χ2v) is 11.9. The highest BCUT2D eigenvalue weighted by molar-refractivity contribution is 7.92. The van der Waals surface area contributed by atoms with Crippen LogP contribution in [0, 0.1) is 5.92 Å². The van der Waals surface area contributed by atoms with Crippen LogP contribution >= 0.6 is 23.2 Å². The Labute approximate surface area is 220 Å². The lowest BCUT2D eigenvalue weighted by atomic mass is 9.85. The first-order valence-electron chi connectivity index (χ1n) is 11.9. The molecule has 3 aromatic carbocycles. The fourth-order valence-corrected chi connectivity index (χ4v) is 7.09. The van der Waals surface area contributed by atoms with E-state index in [-0.39, 0.29) is 26.4 Å². The molecule has 0 atom stereocenters. The molecule has 36 heavy (non-hydrogen) atoms. The van der Waals surface area contributed by atoms with Crippen LogP contribution in [-0.4, -0.2) is 31.8 Å². The average molecular weight is 548 g/mol. The lowest BCUT2D eigenvalue weighted by molar-refractivity contribution is -0.135. The molecule has 0 bridgehead atoms. The zero-order valence-corrected chi connectivity index (χ0v) is 22.0. The zero-order chi connectivity index (χ0) is 25.9. The van der Waals surface area contributed by atoms with Gasteiger partial charge in [-0.25, -0.2) is 8.42 Å². The van der Waals surface area contributed by atoms with E-state index < -0.39 is 22.5 Å². The van der Waals surface area contributed by atoms with E-state index in [0.717, 1.165) is 23.6 Å². The highest BCUT2D eigenvalue weighted by Gasteiger charge is 2.29. The van der Waals surface area contributed by atoms with Crippen molar-refractivity contribution in [3.63, 3.8) is 0 Å². The number of hydrogen-bond acceptors (Lipinski definition) is 4. The molecule has 1 aliphatic carbocycles. The van der Waals surface area contributed by atoms with Crippen LogP contribution in [-0.2, 0) is 14.8 Å². The Morgan fingerprint density at radius 1 is 0.917 bits per heavy atom. The van der Waals surface area contributed by atoms with Crippen molar-refractivity contribution in [3.8, 4) is 0 Å². The van der Waals surface area contributed by atoms with E-state index in [4.69, 9.17) is 23.2 Å². The summed E-state index contributed by atoms with van der Waals surface area (Å²) in [6.07, 6.45) is 7.25. The van der Waals surface area contributed by atoms with Gasteiger partial charge in [0.25, 0.3) is 10.0 Å². The minimum Gasteiger partial charge on any atom is -0.480 e. The van der Waals surface area contributed by atoms with E-state index in [1.807, 2.05) is 0 Å². The van der Waals surface area contributed by atoms with Crippen LogP contribution in [0.3, 0.4) is 0 Å². The quantitative estimate of drug-likeness (QED) is 0.292. The Bertz CT molecular complexity index is 1380. The van der Waals surface area contributed by atoms with Crippen molar-refractivity contribution in [2.75, 3.05) is 10.8 Å². The molecule has 9 heteroatoms. The van der Waals surface area contributed by atoms with Gasteiger partial charge in [0.1, 0.15) is 6.54 Å². The first kappa shape index (κ1) is 26.5. The SMILES string of the molecule is O=C(O)CN(c1cccc2c(C(=O)CCC3CCCCC3)cccc12)S(=O)(=O)c1cc(Cl)cc(Cl)c1. The largest absolute Gasteiger partial charge is 0.480 e. The first-order chi connectivity index (χ1) is 17.2. The van der Waals surface area contributed by atoms with Crippen molar-refractivity contribution in [1.82, 2.24) is 0 Å². The van der Waals surface area contributed by atoms with Crippen molar-refractivity contribution < 1.29 is 23.1 Å². The smallest absolute Gasteiger partial charge is 0.324 e. The van der Waals surface area contributed by atoms with Gasteiger partial charge in [-0.15, -0.1) is 0 Å². The van der Waals surface area contributed by atoms with Crippen molar-refractivity contribution in [2.24, 2.45) is 5.92 Å². The number of anilines is 1. The number of rotatable bonds is 9. The predicted octanol–water partition coefficient (Wildman–Crippen LogP) is 6.97. The third-order valence-corrected chi connectivity index (χ3v) is 8.85. The van der Waals surface area contributed by atoms with Crippen LogP contribution in [0.1, 0.15) is 55.3 Å². The standard InChI is InChI=1S/C27H27Cl2NO5S/c28-19-14-20(29)16-21(15-19)36(34,35)30(17-27(32)33)25-11-5-8-22-23(25)9-4-10-24(22)26(31)13-12-18-6-2-1-3-7-18/h4-5,8-11,14-16,18H,1-3,6-7,12-13,17H2,(H,32,33). The molecule has 0 spiro atoms. The van der Waals surface area contributed by atoms with Crippen molar-refractivity contribution in [2.45, 2.75) is 49.8 Å². The van der Waals surface area contributed by atoms with E-state index in [1.54, 1.807) is 30.3 Å². The maximum atomic E-state index is 13.6. The number of ketones is 1. The zero-order valence-electron chi connectivity index (χ0n) is 19.6. The lowest BCUT2D eigenvalue weighted by Crippen LogP contribution is -2.36. The first-order valence-corrected chi connectivity index (χ1v) is 14.1. The molecule has 1 N–H and O–H groups in total. The third-order valence-electron chi connectivity index (χ3n) is 6.68. The number of carbonyl (C=O) groups is 2. The Balaban J connectivity index is 1.74. The summed E-state index contributed by atoms with van der Waals surface area (Å²) in [5, 5.41) is 10.8. The molecule has 0 saturated heterocycles. The molecule has 3 aromatic rings. The molecule has 0 aromatic heterocycles. The topological polar surface area (TPSA) is 91.8 Å². The van der Waals surface area contributed by atoms with Crippen molar-refractivity contribution >= 4 is 61.4 Å². The van der Waals surface area contributed by atoms with Gasteiger partial charge in [0.05, 0.1) is 10.6 Å². The molecular weight excluding hydrogens is 521 g/mol. The fraction of sp³-hybridized carbons (Fsp3) is 0.333. The summed E-state index contributed by atoms with van der Waals surface area (Å²) < 4.78 is 28.0. The van der Waals surface area contributed by atoms with E-state index >= 15 is 0 Å². The van der Waals surface area contributed by atoms with Gasteiger partial charge in [-0.1, -0.05) is 85.6 Å². The molecular formula is C27H27Cl2NO5S. The van der Waals surface area contributed by atoms with Gasteiger partial charge in [0.15, 0.2) is 5.78 Å². The Kier molecular flexibility index (Phi) is 8.23. The number of halogens is 2. The fourth-order valence-electron chi connectivity index (χ4n) is 4.93. The van der Waals surface area contributed by atoms with Crippen LogP contribution in [0.2, 0.25) is 10.0 Å². The van der Waals surface area contributed by atoms with Crippen LogP contribution in [0.4, 0.5) is 5.69 Å². The van der Waals surface area contributed by atoms with Crippen molar-refractivity contribution in [3.05, 3.63) is 70.2 Å². The summed E-state index contributed by atoms with van der Waals surface area (Å²) in [4.78, 5) is 24.7. The summed E-state index contributed by atoms with van der Waals surface area (Å²) in [6, 6.07) is 13.9. The number of carbonyl (C=O) groups excluding carboxylic acids is 1. The summed E-state index contributed by atoms with van der Waals surface area (Å²) in [5.41, 5.74) is 0.663. The molecule has 0 amide bonds. The summed E-state index contributed by atoms with van der Waals surface area (Å²) >= 11 is 12.1. The van der Waals surface area contributed by atoms with Gasteiger partial charge in [0, 0.05) is 27.4 Å². The van der Waals surface area contributed by atoms with E-state index in [1.165, 1.54) is 43.5 Å². The molecule has 1 aliphatic rings. The minimum absolute atomic E-state index is 0.00223. The van der Waals surface area contributed by atoms with E-state index in [0.29, 0.717) is 28.7 Å². The number of sulfonamides is 1. The molecule has 0 radical (unpaired) electrons. The van der Waals surface area contributed by atoms with Crippen LogP contribution in [0.5, 0.6) is 0 Å². The molecule has 6 nitrogen and oxygen atoms in total. The summed E-state index contributed by atoms with van der Waals surface area (Å²) in [7, 11) is -4.34. The lowest BCUT2D eigenvalue weighted by Gasteiger charge is -2.25. The second-order valence-electron chi connectivity index (χ2n) is 9.15. The number of Topliss-reactive ketones (excluding diaryl/α,β-unsaturated/α-hetero) is 1. The molecule has 0 aliphatic heterocycles. The molecule has 1 fully saturated rings. The molecule has 1 saturated carbocycles. The molecule has 0 heterocycles. The second kappa shape index (κ2) is 11.2. The number of carboxylic acid groups (broad SMARTS) is 1. The van der Waals surface area contributed by atoms with Gasteiger partial charge in [-0.3, -0.25) is 13.9 Å². The summed E-state index contributed by atoms with van der Waals surface area (Å²) in [5.74, 6) is -0.769. The number of carboxylic acids is 1. The van der Waals surface area contributed by atoms with Gasteiger partial charge in [0.2, 0.25) is 0 Å². The van der Waals surface area contributed by atoms with Crippen LogP contribution in [0.25, 0.3) is 10.8 Å². The Morgan fingerprint density at radius 2 is 1.56 bits per heavy atom. The molecule has 4 rings (SSSR count). The minimum atomic E-state index is -4.34. The summed E-state index contributed by atoms with van der Waals surface area (Å²) in [6.45, 7) is -0.814. The number of fused-ring (bicyclic) bond motifs is 1. The maximum absolute atomic E-state index is 13.6. The monoisotopic (exact) mass is 547 g/mol. The number of benzene rings is 3. The number of hydrogen-bond donors (Lipinski definition) is 1. The van der Waals surface area contributed by atoms with Crippen LogP contribution < -0.4 is 4.31 Å². The van der Waals surface area contributed by atoms with Crippen LogP contribution in [0.15, 0.2) is 59.5 Å². The van der Waals surface area contributed by atoms with Crippen molar-refractivity contribution in [1.29, 1.82) is 0 Å². The average Bonchev–Trinajstić information content (AvgIpc) is 2.85. The Morgan fingerprint density at radius 3 is 2.22 bits per heavy atom. The van der Waals surface area contributed by atoms with Gasteiger partial charge in [-0.05, 0) is 42.0 Å². The molecule has 190 valence electrons. The third kappa shape index (κ3) is 5.85. The normalized spacial score (nSPS) is 14.6. The predicted molar refractivity (Wildman–Crippen MR) is 143 cm³/mol. The number of aliphatic carboxylic acids is 1. The Hall–Kier alpha value is -2.61.